The molecule has 41 heavy (non-hydrogen) atoms. The van der Waals surface area contributed by atoms with Crippen LogP contribution in [0.2, 0.25) is 0 Å². The average Bonchev–Trinajstić information content (AvgIpc) is 2.90. The Balaban J connectivity index is 1.31. The summed E-state index contributed by atoms with van der Waals surface area (Å²) < 4.78 is 34.2. The van der Waals surface area contributed by atoms with Gasteiger partial charge in [0, 0.05) is 68.9 Å². The predicted octanol–water partition coefficient (Wildman–Crippen LogP) is 2.98. The Kier molecular flexibility index (Phi) is 8.93. The van der Waals surface area contributed by atoms with E-state index in [0.29, 0.717) is 56.2 Å². The number of ether oxygens (including phenoxy) is 2. The zero-order chi connectivity index (χ0) is 29.1. The lowest BCUT2D eigenvalue weighted by Crippen LogP contribution is -2.49. The van der Waals surface area contributed by atoms with Gasteiger partial charge in [0.05, 0.1) is 31.2 Å². The zero-order valence-corrected chi connectivity index (χ0v) is 25.0. The molecule has 1 aromatic carbocycles. The largest absolute Gasteiger partial charge is 0.389 e. The second kappa shape index (κ2) is 12.4. The van der Waals surface area contributed by atoms with Crippen molar-refractivity contribution in [2.75, 3.05) is 73.6 Å². The Morgan fingerprint density at radius 3 is 2.59 bits per heavy atom. The van der Waals surface area contributed by atoms with Crippen LogP contribution in [0.4, 0.5) is 23.3 Å². The molecular weight excluding hydrogens is 544 g/mol. The minimum absolute atomic E-state index is 0.153. The van der Waals surface area contributed by atoms with Crippen molar-refractivity contribution in [3.05, 3.63) is 42.2 Å². The number of sulfone groups is 1. The van der Waals surface area contributed by atoms with E-state index in [2.05, 4.69) is 47.2 Å². The normalized spacial score (nSPS) is 20.0. The number of aliphatic hydroxyl groups is 1. The fourth-order valence-electron chi connectivity index (χ4n) is 5.66. The standard InChI is InChI=1S/C29H40N6O5S/c1-19(2)21-5-6-24(35-15-20(16-35)18-41(4,37)38)23-14-31-28(13-22(21)23)32-27-7-9-30-29(33-27)34-10-8-26(25(36)17-34)40-12-11-39-3/h5-7,9,13-14,19-20,25-26,36H,8,10-12,15-18H2,1-4H3,(H,30,31,32,33)/t25-,26+/m1/s1. The summed E-state index contributed by atoms with van der Waals surface area (Å²) in [6.07, 6.45) is 4.69. The van der Waals surface area contributed by atoms with Crippen LogP contribution in [-0.2, 0) is 19.3 Å². The topological polar surface area (TPSA) is 130 Å². The van der Waals surface area contributed by atoms with Crippen LogP contribution in [0.3, 0.4) is 0 Å². The van der Waals surface area contributed by atoms with Crippen molar-refractivity contribution in [2.24, 2.45) is 5.92 Å². The van der Waals surface area contributed by atoms with Gasteiger partial charge in [-0.15, -0.1) is 0 Å². The number of anilines is 4. The number of hydrogen-bond acceptors (Lipinski definition) is 11. The smallest absolute Gasteiger partial charge is 0.227 e. The summed E-state index contributed by atoms with van der Waals surface area (Å²) in [5, 5.41) is 16.1. The Labute approximate surface area is 241 Å². The summed E-state index contributed by atoms with van der Waals surface area (Å²) in [4.78, 5) is 18.0. The van der Waals surface area contributed by atoms with Gasteiger partial charge in [0.2, 0.25) is 5.95 Å². The number of pyridine rings is 1. The third kappa shape index (κ3) is 7.06. The molecule has 2 aliphatic heterocycles. The first kappa shape index (κ1) is 29.4. The van der Waals surface area contributed by atoms with Crippen molar-refractivity contribution in [3.63, 3.8) is 0 Å². The van der Waals surface area contributed by atoms with Gasteiger partial charge in [-0.3, -0.25) is 0 Å². The number of benzene rings is 1. The number of hydrogen-bond donors (Lipinski definition) is 2. The van der Waals surface area contributed by atoms with E-state index >= 15 is 0 Å². The maximum Gasteiger partial charge on any atom is 0.227 e. The first-order valence-corrected chi connectivity index (χ1v) is 16.2. The first-order valence-electron chi connectivity index (χ1n) is 14.1. The van der Waals surface area contributed by atoms with E-state index in [9.17, 15) is 13.5 Å². The molecule has 222 valence electrons. The van der Waals surface area contributed by atoms with Crippen LogP contribution in [0.15, 0.2) is 36.7 Å². The number of rotatable bonds is 11. The highest BCUT2D eigenvalue weighted by atomic mass is 32.2. The minimum atomic E-state index is -2.99. The molecule has 5 rings (SSSR count). The number of β-amino-alcohol motifs (C(OH)–C–C–N with tert-alkyl or cyclic N) is 1. The third-order valence-corrected chi connectivity index (χ3v) is 8.77. The van der Waals surface area contributed by atoms with Gasteiger partial charge in [0.25, 0.3) is 0 Å². The van der Waals surface area contributed by atoms with Crippen LogP contribution < -0.4 is 15.1 Å². The maximum atomic E-state index is 11.7. The van der Waals surface area contributed by atoms with Gasteiger partial charge in [-0.1, -0.05) is 19.9 Å². The van der Waals surface area contributed by atoms with Crippen LogP contribution in [0, 0.1) is 5.92 Å². The number of nitrogens with one attached hydrogen (secondary N) is 1. The molecule has 2 aliphatic rings. The predicted molar refractivity (Wildman–Crippen MR) is 161 cm³/mol. The van der Waals surface area contributed by atoms with Crippen LogP contribution >= 0.6 is 0 Å². The summed E-state index contributed by atoms with van der Waals surface area (Å²) in [5.74, 6) is 2.51. The van der Waals surface area contributed by atoms with Gasteiger partial charge < -0.3 is 29.7 Å². The quantitative estimate of drug-likeness (QED) is 0.323. The Morgan fingerprint density at radius 2 is 1.88 bits per heavy atom. The molecule has 4 heterocycles. The Hall–Kier alpha value is -3.06. The summed E-state index contributed by atoms with van der Waals surface area (Å²) in [5.41, 5.74) is 2.29. The van der Waals surface area contributed by atoms with Crippen LogP contribution in [0.1, 0.15) is 31.7 Å². The first-order chi connectivity index (χ1) is 19.6. The Bertz CT molecular complexity index is 1460. The highest BCUT2D eigenvalue weighted by molar-refractivity contribution is 7.90. The number of aliphatic hydroxyl groups excluding tert-OH is 1. The summed E-state index contributed by atoms with van der Waals surface area (Å²) in [6.45, 7) is 7.79. The van der Waals surface area contributed by atoms with Crippen molar-refractivity contribution >= 4 is 43.9 Å². The molecule has 2 aromatic heterocycles. The van der Waals surface area contributed by atoms with E-state index in [0.717, 1.165) is 29.5 Å². The number of aromatic nitrogens is 3. The van der Waals surface area contributed by atoms with Crippen LogP contribution in [0.5, 0.6) is 0 Å². The number of nitrogens with zero attached hydrogens (tertiary/aromatic N) is 5. The molecule has 0 aliphatic carbocycles. The van der Waals surface area contributed by atoms with Crippen molar-refractivity contribution in [3.8, 4) is 0 Å². The fourth-order valence-corrected chi connectivity index (χ4v) is 6.73. The number of fused-ring (bicyclic) bond motifs is 1. The van der Waals surface area contributed by atoms with E-state index in [-0.39, 0.29) is 17.8 Å². The van der Waals surface area contributed by atoms with Gasteiger partial charge in [0.1, 0.15) is 21.5 Å². The number of methoxy groups -OCH3 is 1. The summed E-state index contributed by atoms with van der Waals surface area (Å²) in [7, 11) is -1.36. The van der Waals surface area contributed by atoms with Gasteiger partial charge in [-0.2, -0.15) is 4.98 Å². The van der Waals surface area contributed by atoms with E-state index < -0.39 is 15.9 Å². The van der Waals surface area contributed by atoms with Crippen molar-refractivity contribution < 1.29 is 23.0 Å². The number of piperidine rings is 1. The summed E-state index contributed by atoms with van der Waals surface area (Å²) in [6, 6.07) is 8.14. The lowest BCUT2D eigenvalue weighted by atomic mass is 9.93. The molecule has 2 saturated heterocycles. The molecule has 2 fully saturated rings. The van der Waals surface area contributed by atoms with Gasteiger partial charge in [-0.05, 0) is 41.5 Å². The molecule has 0 bridgehead atoms. The molecule has 2 N–H and O–H groups in total. The van der Waals surface area contributed by atoms with Gasteiger partial charge in [0.15, 0.2) is 0 Å². The molecule has 3 aromatic rings. The molecule has 0 amide bonds. The molecular formula is C29H40N6O5S. The Morgan fingerprint density at radius 1 is 1.07 bits per heavy atom. The molecule has 2 atom stereocenters. The highest BCUT2D eigenvalue weighted by Crippen LogP contribution is 2.37. The molecule has 11 nitrogen and oxygen atoms in total. The van der Waals surface area contributed by atoms with Crippen molar-refractivity contribution in [2.45, 2.75) is 38.4 Å². The highest BCUT2D eigenvalue weighted by Gasteiger charge is 2.31. The minimum Gasteiger partial charge on any atom is -0.389 e. The molecule has 0 saturated carbocycles. The third-order valence-electron chi connectivity index (χ3n) is 7.69. The second-order valence-corrected chi connectivity index (χ2v) is 13.6. The van der Waals surface area contributed by atoms with E-state index in [1.165, 1.54) is 11.8 Å². The fraction of sp³-hybridized carbons (Fsp3) is 0.552. The maximum absolute atomic E-state index is 11.7. The van der Waals surface area contributed by atoms with E-state index in [4.69, 9.17) is 19.4 Å². The lowest BCUT2D eigenvalue weighted by molar-refractivity contribution is -0.0593. The zero-order valence-electron chi connectivity index (χ0n) is 24.2. The molecule has 0 unspecified atom stereocenters. The monoisotopic (exact) mass is 584 g/mol. The van der Waals surface area contributed by atoms with Crippen LogP contribution in [-0.4, -0.2) is 99.2 Å². The van der Waals surface area contributed by atoms with E-state index in [1.807, 2.05) is 11.1 Å². The van der Waals surface area contributed by atoms with Crippen molar-refractivity contribution in [1.29, 1.82) is 0 Å². The average molecular weight is 585 g/mol. The molecule has 0 spiro atoms. The van der Waals surface area contributed by atoms with Gasteiger partial charge in [-0.25, -0.2) is 18.4 Å². The molecule has 12 heteroatoms. The lowest BCUT2D eigenvalue weighted by Gasteiger charge is -2.41. The van der Waals surface area contributed by atoms with Crippen molar-refractivity contribution in [1.82, 2.24) is 15.0 Å². The van der Waals surface area contributed by atoms with Crippen LogP contribution in [0.25, 0.3) is 10.8 Å². The van der Waals surface area contributed by atoms with Gasteiger partial charge >= 0.3 is 0 Å². The molecule has 0 radical (unpaired) electrons. The summed E-state index contributed by atoms with van der Waals surface area (Å²) >= 11 is 0. The SMILES string of the molecule is COCCO[C@H]1CCN(c2nccc(Nc3cc4c(C(C)C)ccc(N5CC(CS(C)(=O)=O)C5)c4cn3)n2)C[C@H]1O. The van der Waals surface area contributed by atoms with E-state index in [1.54, 1.807) is 19.4 Å². The second-order valence-electron chi connectivity index (χ2n) is 11.4.